The zero-order chi connectivity index (χ0) is 19.0. The van der Waals surface area contributed by atoms with Crippen LogP contribution in [0, 0.1) is 5.82 Å². The second kappa shape index (κ2) is 7.29. The highest BCUT2D eigenvalue weighted by molar-refractivity contribution is 6.33. The zero-order valence-corrected chi connectivity index (χ0v) is 15.5. The zero-order valence-electron chi connectivity index (χ0n) is 14.0. The van der Waals surface area contributed by atoms with Gasteiger partial charge in [-0.1, -0.05) is 46.6 Å². The van der Waals surface area contributed by atoms with Crippen LogP contribution in [-0.4, -0.2) is 27.5 Å². The minimum Gasteiger partial charge on any atom is -0.339 e. The van der Waals surface area contributed by atoms with Crippen molar-refractivity contribution in [3.8, 4) is 11.4 Å². The molecule has 3 aromatic rings. The summed E-state index contributed by atoms with van der Waals surface area (Å²) >= 11 is 12.2. The summed E-state index contributed by atoms with van der Waals surface area (Å²) in [4.78, 5) is 18.4. The highest BCUT2D eigenvalue weighted by Crippen LogP contribution is 2.32. The molecule has 1 amide bonds. The molecule has 1 fully saturated rings. The Morgan fingerprint density at radius 2 is 2.00 bits per heavy atom. The van der Waals surface area contributed by atoms with Gasteiger partial charge in [-0.3, -0.25) is 4.79 Å². The number of amides is 1. The fourth-order valence-corrected chi connectivity index (χ4v) is 3.55. The number of likely N-dealkylation sites (tertiary alicyclic amines) is 1. The van der Waals surface area contributed by atoms with Crippen LogP contribution in [0.2, 0.25) is 10.0 Å². The maximum atomic E-state index is 13.2. The molecule has 0 bridgehead atoms. The first-order valence-corrected chi connectivity index (χ1v) is 9.07. The maximum Gasteiger partial charge on any atom is 0.232 e. The normalized spacial score (nSPS) is 16.9. The number of hydrogen-bond donors (Lipinski definition) is 0. The molecule has 1 saturated heterocycles. The summed E-state index contributed by atoms with van der Waals surface area (Å²) in [6, 6.07) is 11.4. The van der Waals surface area contributed by atoms with Gasteiger partial charge in [-0.25, -0.2) is 4.39 Å². The molecule has 27 heavy (non-hydrogen) atoms. The van der Waals surface area contributed by atoms with E-state index in [1.807, 2.05) is 12.1 Å². The van der Waals surface area contributed by atoms with Crippen LogP contribution in [-0.2, 0) is 11.3 Å². The van der Waals surface area contributed by atoms with E-state index in [4.69, 9.17) is 27.7 Å². The highest BCUT2D eigenvalue weighted by Gasteiger charge is 2.34. The third kappa shape index (κ3) is 3.68. The molecule has 8 heteroatoms. The van der Waals surface area contributed by atoms with Crippen molar-refractivity contribution in [3.63, 3.8) is 0 Å². The van der Waals surface area contributed by atoms with E-state index in [2.05, 4.69) is 10.1 Å². The van der Waals surface area contributed by atoms with Crippen molar-refractivity contribution in [1.82, 2.24) is 15.0 Å². The highest BCUT2D eigenvalue weighted by atomic mass is 35.5. The predicted molar refractivity (Wildman–Crippen MR) is 98.9 cm³/mol. The second-order valence-electron chi connectivity index (χ2n) is 6.35. The van der Waals surface area contributed by atoms with Crippen molar-refractivity contribution in [1.29, 1.82) is 0 Å². The molecule has 0 N–H and O–H groups in total. The molecule has 138 valence electrons. The Hall–Kier alpha value is -2.44. The van der Waals surface area contributed by atoms with E-state index >= 15 is 0 Å². The summed E-state index contributed by atoms with van der Waals surface area (Å²) in [6.45, 7) is 0.733. The smallest absolute Gasteiger partial charge is 0.232 e. The standard InChI is InChI=1S/C19H14Cl2FN3O2/c20-15-4-2-1-3-14(15)18-23-19(27-24-18)12-7-17(26)25(10-12)9-11-5-6-13(22)8-16(11)21/h1-6,8,12H,7,9-10H2. The average molecular weight is 406 g/mol. The number of rotatable bonds is 4. The summed E-state index contributed by atoms with van der Waals surface area (Å²) in [5.41, 5.74) is 1.36. The first kappa shape index (κ1) is 17.9. The van der Waals surface area contributed by atoms with Crippen LogP contribution in [0.3, 0.4) is 0 Å². The molecule has 1 aliphatic heterocycles. The molecular weight excluding hydrogens is 392 g/mol. The lowest BCUT2D eigenvalue weighted by Gasteiger charge is -2.17. The molecule has 2 heterocycles. The van der Waals surface area contributed by atoms with Gasteiger partial charge in [0.15, 0.2) is 0 Å². The molecule has 0 spiro atoms. The van der Waals surface area contributed by atoms with E-state index in [1.165, 1.54) is 12.1 Å². The van der Waals surface area contributed by atoms with E-state index in [-0.39, 0.29) is 18.2 Å². The van der Waals surface area contributed by atoms with E-state index in [9.17, 15) is 9.18 Å². The van der Waals surface area contributed by atoms with E-state index in [0.29, 0.717) is 46.0 Å². The number of hydrogen-bond acceptors (Lipinski definition) is 4. The van der Waals surface area contributed by atoms with Crippen molar-refractivity contribution >= 4 is 29.1 Å². The van der Waals surface area contributed by atoms with Crippen LogP contribution in [0.4, 0.5) is 4.39 Å². The minimum atomic E-state index is -0.410. The number of aromatic nitrogens is 2. The van der Waals surface area contributed by atoms with E-state index < -0.39 is 5.82 Å². The Kier molecular flexibility index (Phi) is 4.85. The fraction of sp³-hybridized carbons (Fsp3) is 0.211. The number of carbonyl (C=O) groups excluding carboxylic acids is 1. The predicted octanol–water partition coefficient (Wildman–Crippen LogP) is 4.70. The van der Waals surface area contributed by atoms with Gasteiger partial charge in [0.2, 0.25) is 17.6 Å². The van der Waals surface area contributed by atoms with E-state index in [0.717, 1.165) is 0 Å². The van der Waals surface area contributed by atoms with Gasteiger partial charge in [0.25, 0.3) is 0 Å². The molecule has 1 unspecified atom stereocenters. The van der Waals surface area contributed by atoms with Gasteiger partial charge in [-0.2, -0.15) is 4.98 Å². The first-order valence-electron chi connectivity index (χ1n) is 8.31. The molecule has 0 radical (unpaired) electrons. The van der Waals surface area contributed by atoms with E-state index in [1.54, 1.807) is 23.1 Å². The topological polar surface area (TPSA) is 59.2 Å². The Morgan fingerprint density at radius 1 is 1.19 bits per heavy atom. The lowest BCUT2D eigenvalue weighted by Crippen LogP contribution is -2.24. The molecule has 1 aliphatic rings. The van der Waals surface area contributed by atoms with Crippen molar-refractivity contribution in [3.05, 3.63) is 69.8 Å². The third-order valence-electron chi connectivity index (χ3n) is 4.50. The summed E-state index contributed by atoms with van der Waals surface area (Å²) in [6.07, 6.45) is 0.267. The lowest BCUT2D eigenvalue weighted by atomic mass is 10.1. The number of carbonyl (C=O) groups is 1. The molecule has 0 aliphatic carbocycles. The number of halogens is 3. The third-order valence-corrected chi connectivity index (χ3v) is 5.18. The average Bonchev–Trinajstić information content (AvgIpc) is 3.25. The monoisotopic (exact) mass is 405 g/mol. The van der Waals surface area contributed by atoms with Crippen LogP contribution in [0.15, 0.2) is 47.0 Å². The van der Waals surface area contributed by atoms with Gasteiger partial charge < -0.3 is 9.42 Å². The fourth-order valence-electron chi connectivity index (χ4n) is 3.10. The summed E-state index contributed by atoms with van der Waals surface area (Å²) in [5.74, 6) is 0.125. The largest absolute Gasteiger partial charge is 0.339 e. The van der Waals surface area contributed by atoms with Gasteiger partial charge in [-0.05, 0) is 29.8 Å². The summed E-state index contributed by atoms with van der Waals surface area (Å²) in [7, 11) is 0. The van der Waals surface area contributed by atoms with Gasteiger partial charge >= 0.3 is 0 Å². The molecule has 1 aromatic heterocycles. The summed E-state index contributed by atoms with van der Waals surface area (Å²) < 4.78 is 18.6. The van der Waals surface area contributed by atoms with Gasteiger partial charge in [0, 0.05) is 30.1 Å². The SMILES string of the molecule is O=C1CC(c2nc(-c3ccccc3Cl)no2)CN1Cc1ccc(F)cc1Cl. The number of nitrogens with zero attached hydrogens (tertiary/aromatic N) is 3. The van der Waals surface area contributed by atoms with Gasteiger partial charge in [0.1, 0.15) is 5.82 Å². The Labute approximate surface area is 164 Å². The van der Waals surface area contributed by atoms with Gasteiger partial charge in [-0.15, -0.1) is 0 Å². The number of benzene rings is 2. The minimum absolute atomic E-state index is 0.0436. The first-order chi connectivity index (χ1) is 13.0. The molecule has 0 saturated carbocycles. The molecular formula is C19H14Cl2FN3O2. The van der Waals surface area contributed by atoms with Crippen LogP contribution in [0.25, 0.3) is 11.4 Å². The van der Waals surface area contributed by atoms with Crippen LogP contribution in [0.1, 0.15) is 23.8 Å². The molecule has 4 rings (SSSR count). The Balaban J connectivity index is 1.50. The van der Waals surface area contributed by atoms with Crippen LogP contribution >= 0.6 is 23.2 Å². The van der Waals surface area contributed by atoms with Crippen LogP contribution < -0.4 is 0 Å². The maximum absolute atomic E-state index is 13.2. The Bertz CT molecular complexity index is 1010. The second-order valence-corrected chi connectivity index (χ2v) is 7.16. The van der Waals surface area contributed by atoms with Crippen LogP contribution in [0.5, 0.6) is 0 Å². The Morgan fingerprint density at radius 3 is 2.78 bits per heavy atom. The molecule has 2 aromatic carbocycles. The molecule has 1 atom stereocenters. The van der Waals surface area contributed by atoms with Crippen molar-refractivity contribution < 1.29 is 13.7 Å². The summed E-state index contributed by atoms with van der Waals surface area (Å²) in [5, 5.41) is 4.81. The van der Waals surface area contributed by atoms with Crippen molar-refractivity contribution in [2.24, 2.45) is 0 Å². The molecule has 5 nitrogen and oxygen atoms in total. The van der Waals surface area contributed by atoms with Crippen molar-refractivity contribution in [2.75, 3.05) is 6.54 Å². The quantitative estimate of drug-likeness (QED) is 0.631. The van der Waals surface area contributed by atoms with Gasteiger partial charge in [0.05, 0.1) is 10.9 Å². The lowest BCUT2D eigenvalue weighted by molar-refractivity contribution is -0.128. The van der Waals surface area contributed by atoms with Crippen molar-refractivity contribution in [2.45, 2.75) is 18.9 Å².